The molecule has 4 nitrogen and oxygen atoms in total. The van der Waals surface area contributed by atoms with Crippen molar-refractivity contribution in [3.8, 4) is 33.4 Å². The summed E-state index contributed by atoms with van der Waals surface area (Å²) in [7, 11) is 0. The fourth-order valence-corrected chi connectivity index (χ4v) is 8.35. The minimum Gasteiger partial charge on any atom is -0.456 e. The third kappa shape index (κ3) is 4.96. The van der Waals surface area contributed by atoms with Crippen molar-refractivity contribution in [1.82, 2.24) is 5.32 Å². The smallest absolute Gasteiger partial charge is 0.143 e. The van der Waals surface area contributed by atoms with Crippen LogP contribution in [-0.2, 0) is 0 Å². The minimum atomic E-state index is -0.151. The highest BCUT2D eigenvalue weighted by Gasteiger charge is 2.42. The van der Waals surface area contributed by atoms with Crippen LogP contribution in [-0.4, -0.2) is 0 Å². The van der Waals surface area contributed by atoms with Crippen LogP contribution < -0.4 is 10.2 Å². The van der Waals surface area contributed by atoms with Gasteiger partial charge in [0.1, 0.15) is 34.7 Å². The molecule has 2 unspecified atom stereocenters. The largest absolute Gasteiger partial charge is 0.456 e. The molecule has 256 valence electrons. The standard InChI is InChI=1S/C50H34N2O2/c1-4-14-32(15-5-1)35-28-36(33-16-6-2-7-17-33)30-37(29-35)49-51-50(44-24-13-23-42-40-20-10-11-25-45(40)53-48(42)44)52(49)38-26-27-41-43-22-12-21-39(34-18-8-3-9-19-34)47(43)54-46(41)31-38/h1-31,49-51H. The first-order chi connectivity index (χ1) is 26.8. The van der Waals surface area contributed by atoms with Crippen LogP contribution in [0.5, 0.6) is 0 Å². The highest BCUT2D eigenvalue weighted by Crippen LogP contribution is 2.48. The van der Waals surface area contributed by atoms with Gasteiger partial charge in [0.05, 0.1) is 0 Å². The highest BCUT2D eigenvalue weighted by molar-refractivity contribution is 6.10. The molecule has 2 atom stereocenters. The Morgan fingerprint density at radius 3 is 1.69 bits per heavy atom. The second-order valence-corrected chi connectivity index (χ2v) is 14.1. The molecule has 1 N–H and O–H groups in total. The molecule has 3 heterocycles. The maximum Gasteiger partial charge on any atom is 0.143 e. The number of nitrogens with zero attached hydrogens (tertiary/aromatic N) is 1. The predicted molar refractivity (Wildman–Crippen MR) is 221 cm³/mol. The van der Waals surface area contributed by atoms with E-state index in [2.05, 4.69) is 180 Å². The number of hydrogen-bond donors (Lipinski definition) is 1. The molecular weight excluding hydrogens is 661 g/mol. The lowest BCUT2D eigenvalue weighted by Gasteiger charge is -2.51. The molecule has 1 fully saturated rings. The molecule has 0 saturated carbocycles. The molecule has 2 aromatic heterocycles. The molecule has 1 saturated heterocycles. The van der Waals surface area contributed by atoms with E-state index in [-0.39, 0.29) is 12.3 Å². The van der Waals surface area contributed by atoms with E-state index in [1.54, 1.807) is 0 Å². The first-order valence-corrected chi connectivity index (χ1v) is 18.5. The van der Waals surface area contributed by atoms with Gasteiger partial charge in [-0.3, -0.25) is 5.32 Å². The van der Waals surface area contributed by atoms with Gasteiger partial charge in [-0.15, -0.1) is 0 Å². The Bertz CT molecular complexity index is 2930. The summed E-state index contributed by atoms with van der Waals surface area (Å²) in [4.78, 5) is 2.48. The molecule has 10 aromatic rings. The molecular formula is C50H34N2O2. The monoisotopic (exact) mass is 694 g/mol. The van der Waals surface area contributed by atoms with Crippen LogP contribution in [0, 0.1) is 0 Å². The maximum atomic E-state index is 6.78. The summed E-state index contributed by atoms with van der Waals surface area (Å²) in [5.41, 5.74) is 13.9. The Labute approximate surface area is 312 Å². The van der Waals surface area contributed by atoms with Gasteiger partial charge in [-0.25, -0.2) is 0 Å². The van der Waals surface area contributed by atoms with Crippen molar-refractivity contribution in [2.45, 2.75) is 12.3 Å². The van der Waals surface area contributed by atoms with Crippen LogP contribution in [0.1, 0.15) is 23.5 Å². The maximum absolute atomic E-state index is 6.78. The van der Waals surface area contributed by atoms with E-state index in [9.17, 15) is 0 Å². The zero-order chi connectivity index (χ0) is 35.6. The SMILES string of the molecule is c1ccc(-c2cc(-c3ccccc3)cc(C3NC(c4cccc5c4oc4ccccc45)N3c3ccc4c(c3)oc3c(-c5ccccc5)cccc34)c2)cc1. The Morgan fingerprint density at radius 1 is 0.389 bits per heavy atom. The van der Waals surface area contributed by atoms with E-state index < -0.39 is 0 Å². The number of para-hydroxylation sites is 3. The van der Waals surface area contributed by atoms with E-state index in [0.29, 0.717) is 0 Å². The van der Waals surface area contributed by atoms with Gasteiger partial charge in [-0.2, -0.15) is 0 Å². The number of fused-ring (bicyclic) bond motifs is 6. The van der Waals surface area contributed by atoms with Crippen molar-refractivity contribution >= 4 is 49.6 Å². The molecule has 11 rings (SSSR count). The summed E-state index contributed by atoms with van der Waals surface area (Å²) >= 11 is 0. The van der Waals surface area contributed by atoms with E-state index in [1.165, 1.54) is 27.8 Å². The van der Waals surface area contributed by atoms with Crippen molar-refractivity contribution in [3.05, 3.63) is 199 Å². The summed E-state index contributed by atoms with van der Waals surface area (Å²) < 4.78 is 13.4. The minimum absolute atomic E-state index is 0.123. The van der Waals surface area contributed by atoms with Crippen molar-refractivity contribution < 1.29 is 8.83 Å². The number of nitrogens with one attached hydrogen (secondary N) is 1. The van der Waals surface area contributed by atoms with E-state index in [4.69, 9.17) is 8.83 Å². The summed E-state index contributed by atoms with van der Waals surface area (Å²) in [6.45, 7) is 0. The Balaban J connectivity index is 1.09. The van der Waals surface area contributed by atoms with Crippen LogP contribution in [0.2, 0.25) is 0 Å². The van der Waals surface area contributed by atoms with Gasteiger partial charge >= 0.3 is 0 Å². The summed E-state index contributed by atoms with van der Waals surface area (Å²) in [5, 5.41) is 8.45. The molecule has 1 aliphatic rings. The number of anilines is 1. The van der Waals surface area contributed by atoms with Crippen molar-refractivity contribution in [2.24, 2.45) is 0 Å². The number of rotatable bonds is 6. The topological polar surface area (TPSA) is 41.6 Å². The molecule has 0 bridgehead atoms. The number of hydrogen-bond acceptors (Lipinski definition) is 4. The average Bonchev–Trinajstić information content (AvgIpc) is 3.80. The summed E-state index contributed by atoms with van der Waals surface area (Å²) in [6, 6.07) is 66.6. The van der Waals surface area contributed by atoms with Crippen LogP contribution in [0.25, 0.3) is 77.3 Å². The molecule has 54 heavy (non-hydrogen) atoms. The van der Waals surface area contributed by atoms with Crippen LogP contribution in [0.4, 0.5) is 5.69 Å². The molecule has 0 spiro atoms. The van der Waals surface area contributed by atoms with Crippen molar-refractivity contribution in [3.63, 3.8) is 0 Å². The van der Waals surface area contributed by atoms with Gasteiger partial charge < -0.3 is 13.7 Å². The first kappa shape index (κ1) is 30.7. The Morgan fingerprint density at radius 2 is 0.963 bits per heavy atom. The normalized spacial score (nSPS) is 15.7. The fraction of sp³-hybridized carbons (Fsp3) is 0.0400. The average molecular weight is 695 g/mol. The third-order valence-electron chi connectivity index (χ3n) is 11.0. The van der Waals surface area contributed by atoms with Gasteiger partial charge in [-0.05, 0) is 69.8 Å². The lowest BCUT2D eigenvalue weighted by molar-refractivity contribution is 0.276. The Hall–Kier alpha value is -6.88. The van der Waals surface area contributed by atoms with E-state index >= 15 is 0 Å². The van der Waals surface area contributed by atoms with Crippen molar-refractivity contribution in [1.29, 1.82) is 0 Å². The molecule has 1 aliphatic heterocycles. The summed E-state index contributed by atoms with van der Waals surface area (Å²) in [5.74, 6) is 0. The zero-order valence-corrected chi connectivity index (χ0v) is 29.3. The highest BCUT2D eigenvalue weighted by atomic mass is 16.3. The van der Waals surface area contributed by atoms with Gasteiger partial charge in [0.25, 0.3) is 0 Å². The summed E-state index contributed by atoms with van der Waals surface area (Å²) in [6.07, 6.45) is -0.274. The molecule has 0 aliphatic carbocycles. The van der Waals surface area contributed by atoms with Gasteiger partial charge in [-0.1, -0.05) is 146 Å². The molecule has 0 amide bonds. The van der Waals surface area contributed by atoms with Gasteiger partial charge in [0.15, 0.2) is 0 Å². The molecule has 8 aromatic carbocycles. The number of benzene rings is 8. The lowest BCUT2D eigenvalue weighted by atomic mass is 9.92. The quantitative estimate of drug-likeness (QED) is 0.188. The third-order valence-corrected chi connectivity index (χ3v) is 11.0. The molecule has 0 radical (unpaired) electrons. The van der Waals surface area contributed by atoms with Crippen LogP contribution >= 0.6 is 0 Å². The fourth-order valence-electron chi connectivity index (χ4n) is 8.35. The van der Waals surface area contributed by atoms with Gasteiger partial charge in [0.2, 0.25) is 0 Å². The second kappa shape index (κ2) is 12.4. The Kier molecular flexibility index (Phi) is 7.04. The number of furan rings is 2. The van der Waals surface area contributed by atoms with Crippen molar-refractivity contribution in [2.75, 3.05) is 4.90 Å². The zero-order valence-electron chi connectivity index (χ0n) is 29.3. The first-order valence-electron chi connectivity index (χ1n) is 18.5. The molecule has 4 heteroatoms. The predicted octanol–water partition coefficient (Wildman–Crippen LogP) is 13.3. The van der Waals surface area contributed by atoms with E-state index in [1.807, 2.05) is 18.2 Å². The second-order valence-electron chi connectivity index (χ2n) is 14.1. The van der Waals surface area contributed by atoms with Gasteiger partial charge in [0, 0.05) is 44.4 Å². The van der Waals surface area contributed by atoms with Crippen LogP contribution in [0.15, 0.2) is 197 Å². The lowest BCUT2D eigenvalue weighted by Crippen LogP contribution is -2.57. The van der Waals surface area contributed by atoms with Crippen LogP contribution in [0.3, 0.4) is 0 Å². The van der Waals surface area contributed by atoms with E-state index in [0.717, 1.165) is 66.3 Å².